The van der Waals surface area contributed by atoms with E-state index in [4.69, 9.17) is 27.9 Å². The number of hydrogen-bond acceptors (Lipinski definition) is 6. The van der Waals surface area contributed by atoms with Gasteiger partial charge in [0.15, 0.2) is 6.61 Å². The summed E-state index contributed by atoms with van der Waals surface area (Å²) in [6.45, 7) is -0.342. The summed E-state index contributed by atoms with van der Waals surface area (Å²) < 4.78 is 5.22. The Morgan fingerprint density at radius 1 is 1.28 bits per heavy atom. The monoisotopic (exact) mass is 382 g/mol. The summed E-state index contributed by atoms with van der Waals surface area (Å²) in [6, 6.07) is 8.00. The molecule has 0 atom stereocenters. The van der Waals surface area contributed by atoms with Crippen LogP contribution in [0.15, 0.2) is 41.5 Å². The van der Waals surface area contributed by atoms with Crippen LogP contribution >= 0.6 is 23.2 Å². The lowest BCUT2D eigenvalue weighted by Crippen LogP contribution is -2.24. The van der Waals surface area contributed by atoms with Crippen molar-refractivity contribution >= 4 is 41.0 Å². The average molecular weight is 383 g/mol. The van der Waals surface area contributed by atoms with E-state index in [1.807, 2.05) is 0 Å². The van der Waals surface area contributed by atoms with Gasteiger partial charge in [-0.25, -0.2) is 5.43 Å². The maximum absolute atomic E-state index is 11.6. The Bertz CT molecular complexity index is 842. The summed E-state index contributed by atoms with van der Waals surface area (Å²) >= 11 is 11.6. The van der Waals surface area contributed by atoms with Gasteiger partial charge in [-0.3, -0.25) is 14.9 Å². The van der Waals surface area contributed by atoms with Gasteiger partial charge in [-0.1, -0.05) is 29.3 Å². The van der Waals surface area contributed by atoms with Crippen molar-refractivity contribution in [1.29, 1.82) is 0 Å². The number of amides is 1. The fourth-order valence-electron chi connectivity index (χ4n) is 1.71. The zero-order valence-corrected chi connectivity index (χ0v) is 14.0. The molecule has 0 radical (unpaired) electrons. The second-order valence-corrected chi connectivity index (χ2v) is 5.48. The second-order valence-electron chi connectivity index (χ2n) is 4.64. The molecule has 0 aliphatic heterocycles. The number of nitro benzene ring substituents is 1. The summed E-state index contributed by atoms with van der Waals surface area (Å²) in [7, 11) is 0. The Hall–Kier alpha value is -2.84. The number of benzene rings is 2. The summed E-state index contributed by atoms with van der Waals surface area (Å²) in [5.74, 6) is -1.02. The quantitative estimate of drug-likeness (QED) is 0.467. The highest BCUT2D eigenvalue weighted by Crippen LogP contribution is 2.27. The predicted molar refractivity (Wildman–Crippen MR) is 90.2 cm³/mol. The molecule has 0 saturated carbocycles. The number of hydrazone groups is 1. The number of nitrogens with one attached hydrogen (secondary N) is 1. The maximum atomic E-state index is 11.6. The molecule has 0 aliphatic carbocycles. The molecule has 130 valence electrons. The van der Waals surface area contributed by atoms with E-state index in [9.17, 15) is 20.0 Å². The van der Waals surface area contributed by atoms with Crippen molar-refractivity contribution in [3.05, 3.63) is 62.1 Å². The number of carbonyl (C=O) groups is 1. The Morgan fingerprint density at radius 3 is 2.68 bits per heavy atom. The fraction of sp³-hybridized carbons (Fsp3) is 0.0667. The molecule has 1 amide bonds. The van der Waals surface area contributed by atoms with E-state index in [2.05, 4.69) is 10.5 Å². The second kappa shape index (κ2) is 8.32. The van der Waals surface area contributed by atoms with E-state index >= 15 is 0 Å². The average Bonchev–Trinajstić information content (AvgIpc) is 2.53. The van der Waals surface area contributed by atoms with E-state index in [1.165, 1.54) is 24.4 Å². The highest BCUT2D eigenvalue weighted by atomic mass is 35.5. The molecule has 2 aromatic carbocycles. The Labute approximate surface area is 151 Å². The van der Waals surface area contributed by atoms with Gasteiger partial charge in [-0.2, -0.15) is 5.10 Å². The van der Waals surface area contributed by atoms with Gasteiger partial charge in [0.25, 0.3) is 11.6 Å². The summed E-state index contributed by atoms with van der Waals surface area (Å²) in [5.41, 5.74) is 1.96. The van der Waals surface area contributed by atoms with Crippen LogP contribution in [0.4, 0.5) is 5.69 Å². The first-order valence-corrected chi connectivity index (χ1v) is 7.47. The molecule has 0 bridgehead atoms. The first-order valence-electron chi connectivity index (χ1n) is 6.72. The van der Waals surface area contributed by atoms with Crippen LogP contribution < -0.4 is 15.3 Å². The number of carbonyl (C=O) groups excluding carboxylic acids is 1. The molecular weight excluding hydrogens is 373 g/mol. The Kier molecular flexibility index (Phi) is 6.15. The van der Waals surface area contributed by atoms with Crippen molar-refractivity contribution in [1.82, 2.24) is 5.43 Å². The molecule has 0 saturated heterocycles. The number of halogens is 2. The van der Waals surface area contributed by atoms with Crippen LogP contribution in [0.2, 0.25) is 10.0 Å². The zero-order chi connectivity index (χ0) is 18.4. The van der Waals surface area contributed by atoms with Gasteiger partial charge in [0, 0.05) is 11.1 Å². The van der Waals surface area contributed by atoms with Crippen molar-refractivity contribution < 1.29 is 19.6 Å². The lowest BCUT2D eigenvalue weighted by atomic mass is 10.2. The highest BCUT2D eigenvalue weighted by Gasteiger charge is 2.07. The van der Waals surface area contributed by atoms with Gasteiger partial charge >= 0.3 is 0 Å². The number of hydrogen-bond donors (Lipinski definition) is 1. The van der Waals surface area contributed by atoms with E-state index in [1.54, 1.807) is 6.07 Å². The minimum absolute atomic E-state index is 0.262. The van der Waals surface area contributed by atoms with Gasteiger partial charge in [-0.15, -0.1) is 0 Å². The minimum atomic E-state index is -0.774. The highest BCUT2D eigenvalue weighted by molar-refractivity contribution is 6.35. The summed E-state index contributed by atoms with van der Waals surface area (Å²) in [4.78, 5) is 21.4. The van der Waals surface area contributed by atoms with Crippen molar-refractivity contribution in [3.63, 3.8) is 0 Å². The van der Waals surface area contributed by atoms with Crippen LogP contribution in [-0.2, 0) is 4.79 Å². The molecule has 0 spiro atoms. The third-order valence-corrected chi connectivity index (χ3v) is 3.37. The van der Waals surface area contributed by atoms with Crippen LogP contribution in [0.3, 0.4) is 0 Å². The normalized spacial score (nSPS) is 10.6. The van der Waals surface area contributed by atoms with Gasteiger partial charge in [0.2, 0.25) is 0 Å². The van der Waals surface area contributed by atoms with Crippen LogP contribution in [0.1, 0.15) is 5.56 Å². The largest absolute Gasteiger partial charge is 0.868 e. The van der Waals surface area contributed by atoms with Crippen molar-refractivity contribution in [2.75, 3.05) is 6.61 Å². The van der Waals surface area contributed by atoms with Crippen molar-refractivity contribution in [2.45, 2.75) is 0 Å². The molecule has 0 aromatic heterocycles. The van der Waals surface area contributed by atoms with Crippen molar-refractivity contribution in [2.24, 2.45) is 5.10 Å². The molecule has 10 heteroatoms. The molecular formula is C15H10Cl2N3O5-. The SMILES string of the molecule is O=C(COc1ccc(Cl)cc1Cl)N/N=C\c1ccc([N+](=O)[O-])c([O-])c1. The number of nitrogens with zero attached hydrogens (tertiary/aromatic N) is 2. The molecule has 8 nitrogen and oxygen atoms in total. The molecule has 2 rings (SSSR count). The fourth-order valence-corrected chi connectivity index (χ4v) is 2.17. The van der Waals surface area contributed by atoms with Crippen LogP contribution in [0, 0.1) is 10.1 Å². The van der Waals surface area contributed by atoms with Gasteiger partial charge in [-0.05, 0) is 35.6 Å². The lowest BCUT2D eigenvalue weighted by molar-refractivity contribution is -0.398. The first kappa shape index (κ1) is 18.5. The minimum Gasteiger partial charge on any atom is -0.868 e. The molecule has 1 N–H and O–H groups in total. The summed E-state index contributed by atoms with van der Waals surface area (Å²) in [6.07, 6.45) is 1.18. The van der Waals surface area contributed by atoms with Gasteiger partial charge in [0.05, 0.1) is 16.2 Å². The predicted octanol–water partition coefficient (Wildman–Crippen LogP) is 2.50. The Morgan fingerprint density at radius 2 is 2.04 bits per heavy atom. The molecule has 2 aromatic rings. The van der Waals surface area contributed by atoms with Crippen molar-refractivity contribution in [3.8, 4) is 11.5 Å². The third kappa shape index (κ3) is 5.33. The van der Waals surface area contributed by atoms with Crippen LogP contribution in [-0.4, -0.2) is 23.7 Å². The van der Waals surface area contributed by atoms with Gasteiger partial charge < -0.3 is 9.84 Å². The van der Waals surface area contributed by atoms with E-state index < -0.39 is 22.3 Å². The van der Waals surface area contributed by atoms with Crippen LogP contribution in [0.5, 0.6) is 11.5 Å². The third-order valence-electron chi connectivity index (χ3n) is 2.84. The maximum Gasteiger partial charge on any atom is 0.277 e. The summed E-state index contributed by atoms with van der Waals surface area (Å²) in [5, 5.41) is 26.4. The topological polar surface area (TPSA) is 117 Å². The molecule has 25 heavy (non-hydrogen) atoms. The first-order chi connectivity index (χ1) is 11.9. The van der Waals surface area contributed by atoms with E-state index in [0.717, 1.165) is 12.1 Å². The molecule has 0 aliphatic rings. The Balaban J connectivity index is 1.88. The van der Waals surface area contributed by atoms with Crippen LogP contribution in [0.25, 0.3) is 0 Å². The number of ether oxygens (including phenoxy) is 1. The lowest BCUT2D eigenvalue weighted by Gasteiger charge is -2.07. The molecule has 0 heterocycles. The number of nitro groups is 1. The standard InChI is InChI=1S/C15H11Cl2N3O5/c16-10-2-4-14(11(17)6-10)25-8-15(22)19-18-7-9-1-3-12(20(23)24)13(21)5-9/h1-7,21H,8H2,(H,19,22)/p-1/b18-7-. The van der Waals surface area contributed by atoms with Gasteiger partial charge in [0.1, 0.15) is 5.75 Å². The number of rotatable bonds is 6. The smallest absolute Gasteiger partial charge is 0.277 e. The molecule has 0 unspecified atom stereocenters. The van der Waals surface area contributed by atoms with E-state index in [0.29, 0.717) is 10.6 Å². The molecule has 0 fully saturated rings. The van der Waals surface area contributed by atoms with E-state index in [-0.39, 0.29) is 17.4 Å². The zero-order valence-electron chi connectivity index (χ0n) is 12.4.